The molecule has 0 aliphatic heterocycles. The summed E-state index contributed by atoms with van der Waals surface area (Å²) in [6, 6.07) is 6.56. The van der Waals surface area contributed by atoms with E-state index in [1.54, 1.807) is 36.0 Å². The fourth-order valence-electron chi connectivity index (χ4n) is 1.41. The van der Waals surface area contributed by atoms with E-state index in [2.05, 4.69) is 26.2 Å². The van der Waals surface area contributed by atoms with Crippen LogP contribution in [0.2, 0.25) is 0 Å². The van der Waals surface area contributed by atoms with Crippen molar-refractivity contribution >= 4 is 21.9 Å². The highest BCUT2D eigenvalue weighted by Gasteiger charge is 2.11. The number of halogens is 1. The molecule has 16 heavy (non-hydrogen) atoms. The van der Waals surface area contributed by atoms with Gasteiger partial charge in [-0.25, -0.2) is 9.48 Å². The number of carboxylic acid groups (broad SMARTS) is 1. The fraction of sp³-hybridized carbons (Fsp3) is 0.100. The van der Waals surface area contributed by atoms with E-state index in [-0.39, 0.29) is 5.56 Å². The molecule has 0 spiro atoms. The molecule has 0 fully saturated rings. The Kier molecular flexibility index (Phi) is 2.74. The Morgan fingerprint density at radius 1 is 1.38 bits per heavy atom. The lowest BCUT2D eigenvalue weighted by molar-refractivity contribution is 0.0697. The maximum atomic E-state index is 10.7. The molecule has 1 aromatic carbocycles. The number of carbonyl (C=O) groups is 1. The molecule has 0 bridgehead atoms. The zero-order valence-electron chi connectivity index (χ0n) is 8.38. The highest BCUT2D eigenvalue weighted by atomic mass is 79.9. The molecule has 0 saturated heterocycles. The molecule has 0 aliphatic carbocycles. The van der Waals surface area contributed by atoms with Gasteiger partial charge in [0.2, 0.25) is 0 Å². The zero-order chi connectivity index (χ0) is 11.7. The third-order valence-corrected chi connectivity index (χ3v) is 2.73. The van der Waals surface area contributed by atoms with E-state index >= 15 is 0 Å². The Morgan fingerprint density at radius 2 is 2.00 bits per heavy atom. The van der Waals surface area contributed by atoms with Gasteiger partial charge in [-0.2, -0.15) is 0 Å². The monoisotopic (exact) mass is 281 g/mol. The molecule has 0 radical (unpaired) electrons. The van der Waals surface area contributed by atoms with Gasteiger partial charge in [0.15, 0.2) is 4.60 Å². The molecule has 1 heterocycles. The van der Waals surface area contributed by atoms with Crippen molar-refractivity contribution in [2.75, 3.05) is 0 Å². The Labute approximate surface area is 99.8 Å². The molecule has 0 atom stereocenters. The second-order valence-corrected chi connectivity index (χ2v) is 3.99. The number of hydrogen-bond acceptors (Lipinski definition) is 3. The molecular weight excluding hydrogens is 274 g/mol. The lowest BCUT2D eigenvalue weighted by Gasteiger charge is -2.02. The van der Waals surface area contributed by atoms with Crippen molar-refractivity contribution in [3.05, 3.63) is 34.4 Å². The smallest absolute Gasteiger partial charge is 0.335 e. The summed E-state index contributed by atoms with van der Waals surface area (Å²) >= 11 is 3.29. The number of carboxylic acids is 1. The van der Waals surface area contributed by atoms with Crippen LogP contribution in [0.25, 0.3) is 11.3 Å². The number of hydrogen-bond donors (Lipinski definition) is 1. The molecular formula is C10H8BrN3O2. The summed E-state index contributed by atoms with van der Waals surface area (Å²) in [6.07, 6.45) is 0. The highest BCUT2D eigenvalue weighted by Crippen LogP contribution is 2.25. The van der Waals surface area contributed by atoms with Crippen molar-refractivity contribution in [2.45, 2.75) is 0 Å². The van der Waals surface area contributed by atoms with Gasteiger partial charge in [-0.3, -0.25) is 0 Å². The van der Waals surface area contributed by atoms with Crippen molar-refractivity contribution in [1.29, 1.82) is 0 Å². The standard InChI is InChI=1S/C10H8BrN3O2/c1-14-8(9(11)12-13-14)6-2-4-7(5-3-6)10(15)16/h2-5H,1H3,(H,15,16). The molecule has 0 saturated carbocycles. The van der Waals surface area contributed by atoms with Crippen LogP contribution in [-0.2, 0) is 7.05 Å². The van der Waals surface area contributed by atoms with Crippen LogP contribution in [0.1, 0.15) is 10.4 Å². The summed E-state index contributed by atoms with van der Waals surface area (Å²) in [5.74, 6) is -0.936. The van der Waals surface area contributed by atoms with Crippen LogP contribution < -0.4 is 0 Å². The molecule has 1 aromatic heterocycles. The van der Waals surface area contributed by atoms with E-state index in [4.69, 9.17) is 5.11 Å². The first kappa shape index (κ1) is 10.8. The minimum Gasteiger partial charge on any atom is -0.478 e. The van der Waals surface area contributed by atoms with Gasteiger partial charge in [-0.15, -0.1) is 5.10 Å². The molecule has 2 aromatic rings. The van der Waals surface area contributed by atoms with Gasteiger partial charge in [0.25, 0.3) is 0 Å². The normalized spacial score (nSPS) is 10.4. The summed E-state index contributed by atoms with van der Waals surface area (Å²) in [7, 11) is 1.78. The Morgan fingerprint density at radius 3 is 2.44 bits per heavy atom. The lowest BCUT2D eigenvalue weighted by Crippen LogP contribution is -1.97. The number of rotatable bonds is 2. The van der Waals surface area contributed by atoms with Crippen molar-refractivity contribution in [2.24, 2.45) is 7.05 Å². The van der Waals surface area contributed by atoms with Gasteiger partial charge in [-0.1, -0.05) is 17.3 Å². The summed E-state index contributed by atoms with van der Waals surface area (Å²) in [6.45, 7) is 0. The van der Waals surface area contributed by atoms with Crippen LogP contribution in [0, 0.1) is 0 Å². The van der Waals surface area contributed by atoms with E-state index in [9.17, 15) is 4.79 Å². The Balaban J connectivity index is 2.46. The summed E-state index contributed by atoms with van der Waals surface area (Å²) in [4.78, 5) is 10.7. The molecule has 0 unspecified atom stereocenters. The van der Waals surface area contributed by atoms with Crippen molar-refractivity contribution in [3.8, 4) is 11.3 Å². The maximum Gasteiger partial charge on any atom is 0.335 e. The predicted octanol–water partition coefficient (Wildman–Crippen LogP) is 1.94. The first-order valence-electron chi connectivity index (χ1n) is 4.48. The van der Waals surface area contributed by atoms with Gasteiger partial charge in [0.05, 0.1) is 5.56 Å². The van der Waals surface area contributed by atoms with Crippen molar-refractivity contribution in [3.63, 3.8) is 0 Å². The number of aromatic carboxylic acids is 1. The van der Waals surface area contributed by atoms with Crippen molar-refractivity contribution < 1.29 is 9.90 Å². The third-order valence-electron chi connectivity index (χ3n) is 2.19. The largest absolute Gasteiger partial charge is 0.478 e. The summed E-state index contributed by atoms with van der Waals surface area (Å²) in [5.41, 5.74) is 1.94. The molecule has 1 N–H and O–H groups in total. The first-order valence-corrected chi connectivity index (χ1v) is 5.28. The molecule has 0 amide bonds. The average Bonchev–Trinajstić information content (AvgIpc) is 2.59. The van der Waals surface area contributed by atoms with Gasteiger partial charge < -0.3 is 5.11 Å². The molecule has 82 valence electrons. The molecule has 0 aliphatic rings. The van der Waals surface area contributed by atoms with Crippen LogP contribution >= 0.6 is 15.9 Å². The van der Waals surface area contributed by atoms with Crippen LogP contribution in [0.4, 0.5) is 0 Å². The van der Waals surface area contributed by atoms with E-state index in [1.807, 2.05) is 0 Å². The maximum absolute atomic E-state index is 10.7. The highest BCUT2D eigenvalue weighted by molar-refractivity contribution is 9.10. The van der Waals surface area contributed by atoms with Crippen LogP contribution in [0.5, 0.6) is 0 Å². The quantitative estimate of drug-likeness (QED) is 0.914. The Hall–Kier alpha value is -1.69. The van der Waals surface area contributed by atoms with E-state index < -0.39 is 5.97 Å². The number of benzene rings is 1. The van der Waals surface area contributed by atoms with Crippen molar-refractivity contribution in [1.82, 2.24) is 15.0 Å². The Bertz CT molecular complexity index is 514. The summed E-state index contributed by atoms with van der Waals surface area (Å²) in [5, 5.41) is 16.5. The molecule has 5 nitrogen and oxygen atoms in total. The second kappa shape index (κ2) is 4.05. The van der Waals surface area contributed by atoms with Gasteiger partial charge in [0.1, 0.15) is 5.69 Å². The molecule has 2 rings (SSSR count). The predicted molar refractivity (Wildman–Crippen MR) is 61.1 cm³/mol. The second-order valence-electron chi connectivity index (χ2n) is 3.23. The van der Waals surface area contributed by atoms with E-state index in [0.29, 0.717) is 4.60 Å². The average molecular weight is 282 g/mol. The SMILES string of the molecule is Cn1nnc(Br)c1-c1ccc(C(=O)O)cc1. The van der Waals surface area contributed by atoms with Crippen LogP contribution in [0.3, 0.4) is 0 Å². The van der Waals surface area contributed by atoms with E-state index in [0.717, 1.165) is 11.3 Å². The lowest BCUT2D eigenvalue weighted by atomic mass is 10.1. The minimum absolute atomic E-state index is 0.259. The summed E-state index contributed by atoms with van der Waals surface area (Å²) < 4.78 is 2.26. The van der Waals surface area contributed by atoms with E-state index in [1.165, 1.54) is 0 Å². The molecule has 6 heteroatoms. The fourth-order valence-corrected chi connectivity index (χ4v) is 1.97. The van der Waals surface area contributed by atoms with Crippen LogP contribution in [0.15, 0.2) is 28.9 Å². The van der Waals surface area contributed by atoms with Gasteiger partial charge >= 0.3 is 5.97 Å². The first-order chi connectivity index (χ1) is 7.59. The van der Waals surface area contributed by atoms with Gasteiger partial charge in [-0.05, 0) is 28.1 Å². The zero-order valence-corrected chi connectivity index (χ0v) is 9.97. The number of aryl methyl sites for hydroxylation is 1. The number of nitrogens with zero attached hydrogens (tertiary/aromatic N) is 3. The topological polar surface area (TPSA) is 68.0 Å². The minimum atomic E-state index is -0.936. The van der Waals surface area contributed by atoms with Gasteiger partial charge in [0, 0.05) is 12.6 Å². The third kappa shape index (κ3) is 1.83. The van der Waals surface area contributed by atoms with Crippen LogP contribution in [-0.4, -0.2) is 26.1 Å². The number of aromatic nitrogens is 3.